The molecule has 0 bridgehead atoms. The lowest BCUT2D eigenvalue weighted by Crippen LogP contribution is -2.38. The summed E-state index contributed by atoms with van der Waals surface area (Å²) in [7, 11) is 0. The first-order valence-electron chi connectivity index (χ1n) is 7.59. The van der Waals surface area contributed by atoms with Gasteiger partial charge in [0.25, 0.3) is 0 Å². The Kier molecular flexibility index (Phi) is 4.45. The summed E-state index contributed by atoms with van der Waals surface area (Å²) in [5, 5.41) is 0. The largest absolute Gasteiger partial charge is 0.321 e. The van der Waals surface area contributed by atoms with E-state index in [4.69, 9.17) is 5.73 Å². The first-order chi connectivity index (χ1) is 8.69. The zero-order valence-corrected chi connectivity index (χ0v) is 11.9. The molecule has 1 saturated carbocycles. The molecule has 1 aromatic rings. The number of hydrogen-bond acceptors (Lipinski definition) is 1. The Labute approximate surface area is 112 Å². The second-order valence-electron chi connectivity index (χ2n) is 5.85. The van der Waals surface area contributed by atoms with E-state index in [1.807, 2.05) is 0 Å². The van der Waals surface area contributed by atoms with Crippen LogP contribution in [0.5, 0.6) is 0 Å². The van der Waals surface area contributed by atoms with Gasteiger partial charge in [0, 0.05) is 5.54 Å². The Morgan fingerprint density at radius 1 is 1.00 bits per heavy atom. The summed E-state index contributed by atoms with van der Waals surface area (Å²) >= 11 is 0. The monoisotopic (exact) mass is 245 g/mol. The van der Waals surface area contributed by atoms with Crippen LogP contribution in [0.1, 0.15) is 75.8 Å². The molecule has 0 aromatic heterocycles. The Bertz CT molecular complexity index is 356. The van der Waals surface area contributed by atoms with Crippen molar-refractivity contribution >= 4 is 0 Å². The topological polar surface area (TPSA) is 26.0 Å². The second-order valence-corrected chi connectivity index (χ2v) is 5.85. The number of rotatable bonds is 4. The number of nitrogens with two attached hydrogens (primary N) is 1. The van der Waals surface area contributed by atoms with Gasteiger partial charge in [-0.05, 0) is 42.7 Å². The SMILES string of the molecule is CCC(CC)c1ccc(C2(N)CCCCC2)cc1. The van der Waals surface area contributed by atoms with E-state index >= 15 is 0 Å². The number of hydrogen-bond donors (Lipinski definition) is 1. The molecule has 0 radical (unpaired) electrons. The first kappa shape index (κ1) is 13.6. The molecule has 0 amide bonds. The molecule has 100 valence electrons. The molecule has 0 spiro atoms. The van der Waals surface area contributed by atoms with E-state index < -0.39 is 0 Å². The van der Waals surface area contributed by atoms with Crippen LogP contribution in [0.15, 0.2) is 24.3 Å². The standard InChI is InChI=1S/C17H27N/c1-3-14(4-2)15-8-10-16(11-9-15)17(18)12-6-5-7-13-17/h8-11,14H,3-7,12-13,18H2,1-2H3. The van der Waals surface area contributed by atoms with E-state index in [9.17, 15) is 0 Å². The maximum Gasteiger partial charge on any atom is 0.0409 e. The van der Waals surface area contributed by atoms with Crippen LogP contribution in [0.3, 0.4) is 0 Å². The molecular weight excluding hydrogens is 218 g/mol. The van der Waals surface area contributed by atoms with Gasteiger partial charge in [-0.1, -0.05) is 57.4 Å². The van der Waals surface area contributed by atoms with Crippen molar-refractivity contribution in [3.05, 3.63) is 35.4 Å². The van der Waals surface area contributed by atoms with E-state index in [1.54, 1.807) is 0 Å². The van der Waals surface area contributed by atoms with Crippen molar-refractivity contribution in [1.29, 1.82) is 0 Å². The van der Waals surface area contributed by atoms with Gasteiger partial charge >= 0.3 is 0 Å². The quantitative estimate of drug-likeness (QED) is 0.817. The first-order valence-corrected chi connectivity index (χ1v) is 7.59. The van der Waals surface area contributed by atoms with Crippen LogP contribution in [0.2, 0.25) is 0 Å². The molecule has 0 atom stereocenters. The highest BCUT2D eigenvalue weighted by Gasteiger charge is 2.29. The van der Waals surface area contributed by atoms with Crippen LogP contribution in [0.4, 0.5) is 0 Å². The van der Waals surface area contributed by atoms with Crippen molar-refractivity contribution in [2.45, 2.75) is 70.3 Å². The molecule has 1 fully saturated rings. The lowest BCUT2D eigenvalue weighted by Gasteiger charge is -2.34. The Balaban J connectivity index is 2.16. The summed E-state index contributed by atoms with van der Waals surface area (Å²) in [6.07, 6.45) is 8.67. The lowest BCUT2D eigenvalue weighted by atomic mass is 9.77. The average Bonchev–Trinajstić information content (AvgIpc) is 2.42. The smallest absolute Gasteiger partial charge is 0.0409 e. The van der Waals surface area contributed by atoms with Crippen LogP contribution in [0, 0.1) is 0 Å². The van der Waals surface area contributed by atoms with Gasteiger partial charge in [0.15, 0.2) is 0 Å². The van der Waals surface area contributed by atoms with E-state index in [2.05, 4.69) is 38.1 Å². The molecule has 1 nitrogen and oxygen atoms in total. The van der Waals surface area contributed by atoms with Crippen molar-refractivity contribution in [3.63, 3.8) is 0 Å². The van der Waals surface area contributed by atoms with Crippen molar-refractivity contribution in [1.82, 2.24) is 0 Å². The fraction of sp³-hybridized carbons (Fsp3) is 0.647. The highest BCUT2D eigenvalue weighted by Crippen LogP contribution is 2.35. The van der Waals surface area contributed by atoms with Crippen molar-refractivity contribution in [2.75, 3.05) is 0 Å². The highest BCUT2D eigenvalue weighted by molar-refractivity contribution is 5.30. The van der Waals surface area contributed by atoms with Gasteiger partial charge in [-0.15, -0.1) is 0 Å². The predicted octanol–water partition coefficient (Wildman–Crippen LogP) is 4.71. The zero-order chi connectivity index (χ0) is 13.0. The van der Waals surface area contributed by atoms with Gasteiger partial charge < -0.3 is 5.73 Å². The van der Waals surface area contributed by atoms with Crippen LogP contribution in [-0.2, 0) is 5.54 Å². The second kappa shape index (κ2) is 5.88. The summed E-state index contributed by atoms with van der Waals surface area (Å²) in [4.78, 5) is 0. The van der Waals surface area contributed by atoms with Gasteiger partial charge in [-0.3, -0.25) is 0 Å². The maximum absolute atomic E-state index is 6.57. The summed E-state index contributed by atoms with van der Waals surface area (Å²) in [6, 6.07) is 9.16. The minimum Gasteiger partial charge on any atom is -0.321 e. The van der Waals surface area contributed by atoms with Gasteiger partial charge in [0.05, 0.1) is 0 Å². The van der Waals surface area contributed by atoms with Crippen molar-refractivity contribution < 1.29 is 0 Å². The van der Waals surface area contributed by atoms with Crippen molar-refractivity contribution in [3.8, 4) is 0 Å². The van der Waals surface area contributed by atoms with Gasteiger partial charge in [0.1, 0.15) is 0 Å². The average molecular weight is 245 g/mol. The third-order valence-electron chi connectivity index (χ3n) is 4.69. The summed E-state index contributed by atoms with van der Waals surface area (Å²) in [6.45, 7) is 4.54. The Morgan fingerprint density at radius 2 is 1.56 bits per heavy atom. The molecular formula is C17H27N. The van der Waals surface area contributed by atoms with E-state index in [-0.39, 0.29) is 5.54 Å². The molecule has 2 rings (SSSR count). The predicted molar refractivity (Wildman–Crippen MR) is 78.7 cm³/mol. The molecule has 0 aliphatic heterocycles. The molecule has 0 heterocycles. The fourth-order valence-corrected chi connectivity index (χ4v) is 3.32. The van der Waals surface area contributed by atoms with E-state index in [1.165, 1.54) is 43.2 Å². The Hall–Kier alpha value is -0.820. The molecule has 1 heteroatoms. The molecule has 0 saturated heterocycles. The fourth-order valence-electron chi connectivity index (χ4n) is 3.32. The third-order valence-corrected chi connectivity index (χ3v) is 4.69. The lowest BCUT2D eigenvalue weighted by molar-refractivity contribution is 0.302. The zero-order valence-electron chi connectivity index (χ0n) is 11.9. The van der Waals surface area contributed by atoms with Gasteiger partial charge in [0.2, 0.25) is 0 Å². The normalized spacial score (nSPS) is 19.1. The van der Waals surface area contributed by atoms with Crippen LogP contribution in [-0.4, -0.2) is 0 Å². The molecule has 0 unspecified atom stereocenters. The summed E-state index contributed by atoms with van der Waals surface area (Å²) < 4.78 is 0. The molecule has 1 aromatic carbocycles. The van der Waals surface area contributed by atoms with Gasteiger partial charge in [-0.2, -0.15) is 0 Å². The van der Waals surface area contributed by atoms with Crippen LogP contribution < -0.4 is 5.73 Å². The maximum atomic E-state index is 6.57. The highest BCUT2D eigenvalue weighted by atomic mass is 14.7. The van der Waals surface area contributed by atoms with Gasteiger partial charge in [-0.25, -0.2) is 0 Å². The number of benzene rings is 1. The minimum absolute atomic E-state index is 0.0509. The third kappa shape index (κ3) is 2.77. The van der Waals surface area contributed by atoms with E-state index in [0.717, 1.165) is 12.8 Å². The molecule has 1 aliphatic carbocycles. The summed E-state index contributed by atoms with van der Waals surface area (Å²) in [5.41, 5.74) is 9.34. The minimum atomic E-state index is -0.0509. The van der Waals surface area contributed by atoms with Crippen LogP contribution >= 0.6 is 0 Å². The molecule has 18 heavy (non-hydrogen) atoms. The molecule has 1 aliphatic rings. The summed E-state index contributed by atoms with van der Waals surface area (Å²) in [5.74, 6) is 0.708. The van der Waals surface area contributed by atoms with E-state index in [0.29, 0.717) is 5.92 Å². The Morgan fingerprint density at radius 3 is 2.06 bits per heavy atom. The molecule has 2 N–H and O–H groups in total. The van der Waals surface area contributed by atoms with Crippen LogP contribution in [0.25, 0.3) is 0 Å². The van der Waals surface area contributed by atoms with Crippen molar-refractivity contribution in [2.24, 2.45) is 5.73 Å².